The highest BCUT2D eigenvalue weighted by molar-refractivity contribution is 7.91. The number of carbonyl (C=O) groups is 4. The van der Waals surface area contributed by atoms with E-state index >= 15 is 0 Å². The topological polar surface area (TPSA) is 112 Å². The third-order valence-corrected chi connectivity index (χ3v) is 6.37. The number of rotatable bonds is 5. The molecule has 9 nitrogen and oxygen atoms in total. The normalized spacial score (nSPS) is 21.8. The second kappa shape index (κ2) is 7.10. The summed E-state index contributed by atoms with van der Waals surface area (Å²) >= 11 is 0. The van der Waals surface area contributed by atoms with Gasteiger partial charge in [-0.15, -0.1) is 0 Å². The number of para-hydroxylation sites is 1. The number of nitrogens with zero attached hydrogens (tertiary/aromatic N) is 3. The van der Waals surface area contributed by atoms with Gasteiger partial charge >= 0.3 is 17.8 Å². The summed E-state index contributed by atoms with van der Waals surface area (Å²) in [5.74, 6) is -2.85. The molecule has 2 fully saturated rings. The summed E-state index contributed by atoms with van der Waals surface area (Å²) in [6.45, 7) is 0.955. The molecule has 2 aliphatic heterocycles. The Hall–Kier alpha value is -2.75. The fraction of sp³-hybridized carbons (Fsp3) is 0.412. The molecule has 10 heteroatoms. The molecule has 0 unspecified atom stereocenters. The molecule has 3 rings (SSSR count). The number of hydrogen-bond acceptors (Lipinski definition) is 6. The Morgan fingerprint density at radius 2 is 1.74 bits per heavy atom. The van der Waals surface area contributed by atoms with Gasteiger partial charge < -0.3 is 4.90 Å². The third-order valence-electron chi connectivity index (χ3n) is 4.62. The lowest BCUT2D eigenvalue weighted by Gasteiger charge is -2.29. The summed E-state index contributed by atoms with van der Waals surface area (Å²) in [4.78, 5) is 51.7. The summed E-state index contributed by atoms with van der Waals surface area (Å²) in [7, 11) is -3.26. The van der Waals surface area contributed by atoms with Gasteiger partial charge in [-0.05, 0) is 25.5 Å². The summed E-state index contributed by atoms with van der Waals surface area (Å²) in [6.07, 6.45) is 0.269. The van der Waals surface area contributed by atoms with E-state index in [1.165, 1.54) is 4.90 Å². The molecule has 0 spiro atoms. The van der Waals surface area contributed by atoms with E-state index in [1.807, 2.05) is 0 Å². The molecular weight excluding hydrogens is 374 g/mol. The van der Waals surface area contributed by atoms with Crippen LogP contribution in [0.4, 0.5) is 10.5 Å². The number of likely N-dealkylation sites (N-methyl/N-ethyl adjacent to an activating group) is 1. The highest BCUT2D eigenvalue weighted by Gasteiger charge is 2.45. The van der Waals surface area contributed by atoms with Gasteiger partial charge in [-0.1, -0.05) is 18.2 Å². The standard InChI is InChI=1S/C17H19N3O6S/c1-2-18-15(22)16(23)19(17(18)24)10-14(21)20(12-6-4-3-5-7-12)13-8-9-27(25,26)11-13/h3-7,13H,2,8-11H2,1H3/t13-/m1/s1. The fourth-order valence-electron chi connectivity index (χ4n) is 3.31. The zero-order valence-corrected chi connectivity index (χ0v) is 15.5. The van der Waals surface area contributed by atoms with Gasteiger partial charge in [-0.2, -0.15) is 0 Å². The molecule has 2 saturated heterocycles. The Morgan fingerprint density at radius 1 is 1.11 bits per heavy atom. The van der Waals surface area contributed by atoms with Crippen LogP contribution in [0.15, 0.2) is 30.3 Å². The van der Waals surface area contributed by atoms with Crippen LogP contribution < -0.4 is 4.90 Å². The van der Waals surface area contributed by atoms with Gasteiger partial charge in [0.2, 0.25) is 5.91 Å². The SMILES string of the molecule is CCN1C(=O)C(=O)N(CC(=O)N(c2ccccc2)[C@@H]2CCS(=O)(=O)C2)C1=O. The van der Waals surface area contributed by atoms with Crippen LogP contribution in [0.5, 0.6) is 0 Å². The summed E-state index contributed by atoms with van der Waals surface area (Å²) in [6, 6.07) is 7.03. The maximum Gasteiger partial charge on any atom is 0.334 e. The number of imide groups is 2. The van der Waals surface area contributed by atoms with Crippen LogP contribution in [0.3, 0.4) is 0 Å². The molecule has 0 N–H and O–H groups in total. The maximum atomic E-state index is 12.9. The molecule has 144 valence electrons. The van der Waals surface area contributed by atoms with Crippen molar-refractivity contribution in [1.29, 1.82) is 0 Å². The zero-order chi connectivity index (χ0) is 19.8. The Balaban J connectivity index is 1.87. The number of urea groups is 1. The van der Waals surface area contributed by atoms with Crippen LogP contribution in [0, 0.1) is 0 Å². The van der Waals surface area contributed by atoms with Gasteiger partial charge in [0.1, 0.15) is 6.54 Å². The molecule has 0 bridgehead atoms. The molecule has 1 aromatic carbocycles. The zero-order valence-electron chi connectivity index (χ0n) is 14.7. The average molecular weight is 393 g/mol. The van der Waals surface area contributed by atoms with Gasteiger partial charge in [0.05, 0.1) is 17.5 Å². The first kappa shape index (κ1) is 19.0. The second-order valence-corrected chi connectivity index (χ2v) is 8.61. The summed E-state index contributed by atoms with van der Waals surface area (Å²) < 4.78 is 23.7. The summed E-state index contributed by atoms with van der Waals surface area (Å²) in [5.41, 5.74) is 0.474. The molecule has 27 heavy (non-hydrogen) atoms. The van der Waals surface area contributed by atoms with E-state index in [0.717, 1.165) is 4.90 Å². The van der Waals surface area contributed by atoms with E-state index in [1.54, 1.807) is 37.3 Å². The predicted molar refractivity (Wildman–Crippen MR) is 95.5 cm³/mol. The Labute approximate surface area is 156 Å². The number of hydrogen-bond donors (Lipinski definition) is 0. The first-order chi connectivity index (χ1) is 12.7. The lowest BCUT2D eigenvalue weighted by Crippen LogP contribution is -2.48. The second-order valence-electron chi connectivity index (χ2n) is 6.38. The van der Waals surface area contributed by atoms with Crippen LogP contribution in [-0.2, 0) is 24.2 Å². The van der Waals surface area contributed by atoms with Crippen molar-refractivity contribution in [2.24, 2.45) is 0 Å². The van der Waals surface area contributed by atoms with Crippen molar-refractivity contribution in [3.8, 4) is 0 Å². The van der Waals surface area contributed by atoms with Crippen molar-refractivity contribution < 1.29 is 27.6 Å². The monoisotopic (exact) mass is 393 g/mol. The van der Waals surface area contributed by atoms with Gasteiger partial charge in [-0.25, -0.2) is 18.1 Å². The molecule has 2 aliphatic rings. The molecule has 0 radical (unpaired) electrons. The number of sulfone groups is 1. The van der Waals surface area contributed by atoms with Crippen molar-refractivity contribution in [3.05, 3.63) is 30.3 Å². The van der Waals surface area contributed by atoms with Crippen LogP contribution in [-0.4, -0.2) is 72.6 Å². The van der Waals surface area contributed by atoms with Crippen molar-refractivity contribution in [3.63, 3.8) is 0 Å². The van der Waals surface area contributed by atoms with Crippen molar-refractivity contribution in [1.82, 2.24) is 9.80 Å². The van der Waals surface area contributed by atoms with Crippen LogP contribution in [0.1, 0.15) is 13.3 Å². The average Bonchev–Trinajstić information content (AvgIpc) is 3.08. The Morgan fingerprint density at radius 3 is 2.26 bits per heavy atom. The van der Waals surface area contributed by atoms with Crippen molar-refractivity contribution in [2.45, 2.75) is 19.4 Å². The first-order valence-corrected chi connectivity index (χ1v) is 10.3. The van der Waals surface area contributed by atoms with Gasteiger partial charge in [0, 0.05) is 12.2 Å². The van der Waals surface area contributed by atoms with Crippen molar-refractivity contribution in [2.75, 3.05) is 29.5 Å². The lowest BCUT2D eigenvalue weighted by molar-refractivity contribution is -0.143. The quantitative estimate of drug-likeness (QED) is 0.515. The number of benzene rings is 1. The van der Waals surface area contributed by atoms with Crippen molar-refractivity contribution >= 4 is 39.3 Å². The highest BCUT2D eigenvalue weighted by Crippen LogP contribution is 2.25. The first-order valence-electron chi connectivity index (χ1n) is 8.50. The van der Waals surface area contributed by atoms with E-state index in [4.69, 9.17) is 0 Å². The Bertz CT molecular complexity index is 899. The molecule has 0 saturated carbocycles. The van der Waals surface area contributed by atoms with Gasteiger partial charge in [0.25, 0.3) is 0 Å². The number of amides is 5. The van der Waals surface area contributed by atoms with E-state index in [-0.39, 0.29) is 24.5 Å². The number of anilines is 1. The Kier molecular flexibility index (Phi) is 5.01. The van der Waals surface area contributed by atoms with Crippen LogP contribution >= 0.6 is 0 Å². The van der Waals surface area contributed by atoms with Gasteiger partial charge in [0.15, 0.2) is 9.84 Å². The minimum atomic E-state index is -3.26. The highest BCUT2D eigenvalue weighted by atomic mass is 32.2. The van der Waals surface area contributed by atoms with E-state index < -0.39 is 46.2 Å². The fourth-order valence-corrected chi connectivity index (χ4v) is 5.01. The maximum absolute atomic E-state index is 12.9. The molecule has 1 aromatic rings. The van der Waals surface area contributed by atoms with Crippen LogP contribution in [0.2, 0.25) is 0 Å². The molecular formula is C17H19N3O6S. The smallest absolute Gasteiger partial charge is 0.307 e. The molecule has 2 heterocycles. The van der Waals surface area contributed by atoms with Gasteiger partial charge in [-0.3, -0.25) is 19.3 Å². The molecule has 5 amide bonds. The van der Waals surface area contributed by atoms with E-state index in [0.29, 0.717) is 10.6 Å². The third kappa shape index (κ3) is 3.57. The number of carbonyl (C=O) groups excluding carboxylic acids is 4. The van der Waals surface area contributed by atoms with E-state index in [9.17, 15) is 27.6 Å². The molecule has 0 aliphatic carbocycles. The summed E-state index contributed by atoms with van der Waals surface area (Å²) in [5, 5.41) is 0. The molecule has 1 atom stereocenters. The minimum absolute atomic E-state index is 0.0252. The molecule has 0 aromatic heterocycles. The largest absolute Gasteiger partial charge is 0.334 e. The van der Waals surface area contributed by atoms with E-state index in [2.05, 4.69) is 0 Å². The van der Waals surface area contributed by atoms with Crippen LogP contribution in [0.25, 0.3) is 0 Å². The predicted octanol–water partition coefficient (Wildman–Crippen LogP) is 0.0174. The lowest BCUT2D eigenvalue weighted by atomic mass is 10.1. The minimum Gasteiger partial charge on any atom is -0.307 e.